The molecule has 2 N–H and O–H groups in total. The topological polar surface area (TPSA) is 77.9 Å². The fourth-order valence-corrected chi connectivity index (χ4v) is 5.60. The van der Waals surface area contributed by atoms with Gasteiger partial charge in [0.1, 0.15) is 0 Å². The smallest absolute Gasteiger partial charge is 0.305 e. The molecular formula is C25H27N3O3S. The van der Waals surface area contributed by atoms with Crippen LogP contribution in [-0.2, 0) is 9.53 Å². The second-order valence-corrected chi connectivity index (χ2v) is 9.47. The summed E-state index contributed by atoms with van der Waals surface area (Å²) in [5.41, 5.74) is 5.56. The number of anilines is 1. The van der Waals surface area contributed by atoms with Gasteiger partial charge in [-0.15, -0.1) is 11.8 Å². The molecule has 0 aliphatic carbocycles. The average molecular weight is 450 g/mol. The highest BCUT2D eigenvalue weighted by atomic mass is 32.2. The first kappa shape index (κ1) is 21.1. The van der Waals surface area contributed by atoms with Crippen LogP contribution in [0.5, 0.6) is 0 Å². The van der Waals surface area contributed by atoms with Gasteiger partial charge in [-0.25, -0.2) is 0 Å². The van der Waals surface area contributed by atoms with Gasteiger partial charge in [-0.2, -0.15) is 0 Å². The number of hydrogen-bond acceptors (Lipinski definition) is 5. The van der Waals surface area contributed by atoms with Crippen LogP contribution in [-0.4, -0.2) is 59.2 Å². The van der Waals surface area contributed by atoms with E-state index in [1.165, 1.54) is 0 Å². The molecule has 5 rings (SSSR count). The lowest BCUT2D eigenvalue weighted by molar-refractivity contribution is -0.137. The number of nitrogens with zero attached hydrogens (tertiary/aromatic N) is 2. The Bertz CT molecular complexity index is 1150. The minimum atomic E-state index is -0.797. The SMILES string of the molecule is CN(c1cc(C2=N[C@H](CC(=O)O)CS2)cc2cc(-c3ccccc3)[nH]c12)C1CCOCC1. The summed E-state index contributed by atoms with van der Waals surface area (Å²) in [7, 11) is 2.16. The molecule has 2 aliphatic heterocycles. The van der Waals surface area contributed by atoms with Crippen molar-refractivity contribution in [2.24, 2.45) is 4.99 Å². The lowest BCUT2D eigenvalue weighted by atomic mass is 10.0. The molecule has 0 saturated carbocycles. The van der Waals surface area contributed by atoms with Gasteiger partial charge in [-0.1, -0.05) is 30.3 Å². The van der Waals surface area contributed by atoms with Crippen molar-refractivity contribution in [1.29, 1.82) is 0 Å². The Hall–Kier alpha value is -2.77. The maximum Gasteiger partial charge on any atom is 0.305 e. The van der Waals surface area contributed by atoms with Crippen molar-refractivity contribution in [3.8, 4) is 11.3 Å². The van der Waals surface area contributed by atoms with Crippen LogP contribution in [0.25, 0.3) is 22.2 Å². The van der Waals surface area contributed by atoms with Crippen LogP contribution >= 0.6 is 11.8 Å². The van der Waals surface area contributed by atoms with Crippen molar-refractivity contribution in [1.82, 2.24) is 4.98 Å². The minimum Gasteiger partial charge on any atom is -0.481 e. The second kappa shape index (κ2) is 9.00. The number of rotatable bonds is 6. The third-order valence-electron chi connectivity index (χ3n) is 6.28. The van der Waals surface area contributed by atoms with Gasteiger partial charge >= 0.3 is 5.97 Å². The maximum absolute atomic E-state index is 11.1. The molecule has 0 bridgehead atoms. The zero-order valence-electron chi connectivity index (χ0n) is 18.1. The molecule has 1 fully saturated rings. The van der Waals surface area contributed by atoms with E-state index in [9.17, 15) is 4.79 Å². The molecule has 0 spiro atoms. The third kappa shape index (κ3) is 4.27. The van der Waals surface area contributed by atoms with E-state index in [-0.39, 0.29) is 12.5 Å². The minimum absolute atomic E-state index is 0.0793. The normalized spacial score (nSPS) is 19.3. The summed E-state index contributed by atoms with van der Waals surface area (Å²) in [5, 5.41) is 11.2. The standard InChI is InChI=1S/C25H27N3O3S/c1-28(20-7-9-31-10-8-20)22-13-18(25-26-19(15-32-25)14-23(29)30)11-17-12-21(27-24(17)22)16-5-3-2-4-6-16/h2-6,11-13,19-20,27H,7-10,14-15H2,1H3,(H,29,30)/t19-/m1/s1. The Morgan fingerprint density at radius 1 is 1.19 bits per heavy atom. The third-order valence-corrected chi connectivity index (χ3v) is 7.45. The zero-order valence-corrected chi connectivity index (χ0v) is 18.9. The molecule has 2 aliphatic rings. The number of fused-ring (bicyclic) bond motifs is 1. The molecule has 0 radical (unpaired) electrons. The van der Waals surface area contributed by atoms with Crippen molar-refractivity contribution >= 4 is 39.4 Å². The number of aliphatic carboxylic acids is 1. The number of benzene rings is 2. The Labute approximate surface area is 191 Å². The van der Waals surface area contributed by atoms with E-state index in [0.29, 0.717) is 11.8 Å². The van der Waals surface area contributed by atoms with Crippen molar-refractivity contribution in [3.05, 3.63) is 54.1 Å². The van der Waals surface area contributed by atoms with Crippen LogP contribution < -0.4 is 4.90 Å². The number of thioether (sulfide) groups is 1. The summed E-state index contributed by atoms with van der Waals surface area (Å²) in [5.74, 6) is -0.0816. The molecule has 3 aromatic rings. The predicted octanol–water partition coefficient (Wildman–Crippen LogP) is 4.79. The molecule has 166 valence electrons. The molecule has 1 atom stereocenters. The van der Waals surface area contributed by atoms with Gasteiger partial charge in [0.25, 0.3) is 0 Å². The van der Waals surface area contributed by atoms with E-state index in [1.807, 2.05) is 18.2 Å². The quantitative estimate of drug-likeness (QED) is 0.566. The summed E-state index contributed by atoms with van der Waals surface area (Å²) in [6.07, 6.45) is 2.09. The molecule has 1 saturated heterocycles. The first-order valence-electron chi connectivity index (χ1n) is 11.0. The van der Waals surface area contributed by atoms with Crippen molar-refractivity contribution < 1.29 is 14.6 Å². The lowest BCUT2D eigenvalue weighted by Gasteiger charge is -2.33. The number of aliphatic imine (C=N–C) groups is 1. The van der Waals surface area contributed by atoms with E-state index in [1.54, 1.807) is 11.8 Å². The summed E-state index contributed by atoms with van der Waals surface area (Å²) in [4.78, 5) is 21.9. The maximum atomic E-state index is 11.1. The summed E-state index contributed by atoms with van der Waals surface area (Å²) < 4.78 is 5.58. The van der Waals surface area contributed by atoms with E-state index in [2.05, 4.69) is 47.3 Å². The van der Waals surface area contributed by atoms with Gasteiger partial charge in [0.2, 0.25) is 0 Å². The summed E-state index contributed by atoms with van der Waals surface area (Å²) in [6, 6.07) is 17.2. The van der Waals surface area contributed by atoms with E-state index in [4.69, 9.17) is 14.8 Å². The van der Waals surface area contributed by atoms with Crippen LogP contribution in [0.4, 0.5) is 5.69 Å². The number of carboxylic acids is 1. The molecule has 3 heterocycles. The monoisotopic (exact) mass is 449 g/mol. The average Bonchev–Trinajstić information content (AvgIpc) is 3.46. The van der Waals surface area contributed by atoms with Gasteiger partial charge in [0, 0.05) is 48.7 Å². The van der Waals surface area contributed by atoms with Crippen molar-refractivity contribution in [2.75, 3.05) is 30.9 Å². The largest absolute Gasteiger partial charge is 0.481 e. The predicted molar refractivity (Wildman–Crippen MR) is 131 cm³/mol. The van der Waals surface area contributed by atoms with Crippen LogP contribution in [0.1, 0.15) is 24.8 Å². The summed E-state index contributed by atoms with van der Waals surface area (Å²) in [6.45, 7) is 1.58. The van der Waals surface area contributed by atoms with Crippen LogP contribution in [0.3, 0.4) is 0 Å². The van der Waals surface area contributed by atoms with Crippen molar-refractivity contribution in [3.63, 3.8) is 0 Å². The molecule has 2 aromatic carbocycles. The van der Waals surface area contributed by atoms with Gasteiger partial charge < -0.3 is 19.7 Å². The van der Waals surface area contributed by atoms with E-state index in [0.717, 1.165) is 64.5 Å². The number of ether oxygens (including phenoxy) is 1. The highest BCUT2D eigenvalue weighted by Gasteiger charge is 2.25. The highest BCUT2D eigenvalue weighted by molar-refractivity contribution is 8.14. The Morgan fingerprint density at radius 3 is 2.72 bits per heavy atom. The van der Waals surface area contributed by atoms with Crippen molar-refractivity contribution in [2.45, 2.75) is 31.3 Å². The molecule has 1 aromatic heterocycles. The fraction of sp³-hybridized carbons (Fsp3) is 0.360. The fourth-order valence-electron chi connectivity index (χ4n) is 4.55. The first-order chi connectivity index (χ1) is 15.6. The highest BCUT2D eigenvalue weighted by Crippen LogP contribution is 2.36. The lowest BCUT2D eigenvalue weighted by Crippen LogP contribution is -2.36. The number of hydrogen-bond donors (Lipinski definition) is 2. The van der Waals surface area contributed by atoms with Crippen LogP contribution in [0, 0.1) is 0 Å². The number of aromatic nitrogens is 1. The number of nitrogens with one attached hydrogen (secondary N) is 1. The molecule has 6 nitrogen and oxygen atoms in total. The van der Waals surface area contributed by atoms with Gasteiger partial charge in [0.05, 0.1) is 28.7 Å². The van der Waals surface area contributed by atoms with E-state index < -0.39 is 5.97 Å². The molecule has 7 heteroatoms. The first-order valence-corrected chi connectivity index (χ1v) is 12.0. The second-order valence-electron chi connectivity index (χ2n) is 8.46. The molecule has 32 heavy (non-hydrogen) atoms. The van der Waals surface area contributed by atoms with Crippen LogP contribution in [0.15, 0.2) is 53.5 Å². The number of H-pyrrole nitrogens is 1. The van der Waals surface area contributed by atoms with Crippen LogP contribution in [0.2, 0.25) is 0 Å². The number of aromatic amines is 1. The van der Waals surface area contributed by atoms with Gasteiger partial charge in [-0.05, 0) is 36.6 Å². The summed E-state index contributed by atoms with van der Waals surface area (Å²) >= 11 is 1.65. The Morgan fingerprint density at radius 2 is 1.97 bits per heavy atom. The molecule has 0 amide bonds. The Balaban J connectivity index is 1.58. The number of carboxylic acid groups (broad SMARTS) is 1. The number of carbonyl (C=O) groups is 1. The van der Waals surface area contributed by atoms with Gasteiger partial charge in [0.15, 0.2) is 0 Å². The Kier molecular flexibility index (Phi) is 5.93. The molecular weight excluding hydrogens is 422 g/mol. The zero-order chi connectivity index (χ0) is 22.1. The van der Waals surface area contributed by atoms with E-state index >= 15 is 0 Å². The molecule has 0 unspecified atom stereocenters. The van der Waals surface area contributed by atoms with Gasteiger partial charge in [-0.3, -0.25) is 9.79 Å².